The van der Waals surface area contributed by atoms with Gasteiger partial charge in [0.25, 0.3) is 0 Å². The van der Waals surface area contributed by atoms with Gasteiger partial charge < -0.3 is 24.6 Å². The second-order valence-corrected chi connectivity index (χ2v) is 9.54. The maximum absolute atomic E-state index is 12.4. The number of carbonyl (C=O) groups is 1. The van der Waals surface area contributed by atoms with Crippen molar-refractivity contribution in [3.63, 3.8) is 0 Å². The van der Waals surface area contributed by atoms with Crippen LogP contribution in [-0.2, 0) is 10.0 Å². The smallest absolute Gasteiger partial charge is 0.244 e. The van der Waals surface area contributed by atoms with Crippen molar-refractivity contribution in [2.75, 3.05) is 30.7 Å². The predicted octanol–water partition coefficient (Wildman–Crippen LogP) is 3.07. The van der Waals surface area contributed by atoms with Gasteiger partial charge in [0.1, 0.15) is 17.9 Å². The molecule has 0 saturated heterocycles. The number of hydrogen-bond acceptors (Lipinski definition) is 7. The molecule has 10 heteroatoms. The Labute approximate surface area is 196 Å². The molecule has 0 radical (unpaired) electrons. The molecule has 4 rings (SSSR count). The summed E-state index contributed by atoms with van der Waals surface area (Å²) in [6.07, 6.45) is 1.95. The van der Waals surface area contributed by atoms with Crippen LogP contribution in [-0.4, -0.2) is 50.2 Å². The molecule has 9 nitrogen and oxygen atoms in total. The van der Waals surface area contributed by atoms with Gasteiger partial charge in [-0.05, 0) is 48.0 Å². The number of rotatable bonds is 11. The monoisotopic (exact) mass is 483 g/mol. The first-order valence-electron chi connectivity index (χ1n) is 10.6. The van der Waals surface area contributed by atoms with Gasteiger partial charge >= 0.3 is 0 Å². The van der Waals surface area contributed by atoms with Crippen molar-refractivity contribution in [1.82, 2.24) is 10.3 Å². The Morgan fingerprint density at radius 1 is 1.15 bits per heavy atom. The molecule has 1 unspecified atom stereocenters. The average Bonchev–Trinajstić information content (AvgIpc) is 3.47. The first kappa shape index (κ1) is 23.6. The molecule has 4 N–H and O–H groups in total. The van der Waals surface area contributed by atoms with E-state index >= 15 is 0 Å². The lowest BCUT2D eigenvalue weighted by Gasteiger charge is -2.14. The van der Waals surface area contributed by atoms with Crippen molar-refractivity contribution in [3.8, 4) is 5.75 Å². The summed E-state index contributed by atoms with van der Waals surface area (Å²) in [5, 5.41) is 14.3. The van der Waals surface area contributed by atoms with Gasteiger partial charge in [-0.15, -0.1) is 0 Å². The molecular formula is C24H25N3O6S. The predicted molar refractivity (Wildman–Crippen MR) is 129 cm³/mol. The summed E-state index contributed by atoms with van der Waals surface area (Å²) in [4.78, 5) is 15.3. The van der Waals surface area contributed by atoms with Crippen LogP contribution in [0.4, 0.5) is 5.69 Å². The van der Waals surface area contributed by atoms with Gasteiger partial charge in [0.05, 0.1) is 18.1 Å². The average molecular weight is 484 g/mol. The maximum atomic E-state index is 12.4. The molecule has 2 aromatic carbocycles. The molecule has 0 amide bonds. The van der Waals surface area contributed by atoms with E-state index in [1.165, 1.54) is 0 Å². The van der Waals surface area contributed by atoms with Crippen LogP contribution in [0.3, 0.4) is 0 Å². The second-order valence-electron chi connectivity index (χ2n) is 7.79. The van der Waals surface area contributed by atoms with Gasteiger partial charge in [0.15, 0.2) is 5.76 Å². The molecule has 0 fully saturated rings. The number of carbonyl (C=O) groups excluding carboxylic acids is 1. The molecule has 2 heterocycles. The van der Waals surface area contributed by atoms with Crippen LogP contribution in [0.15, 0.2) is 71.3 Å². The van der Waals surface area contributed by atoms with Crippen molar-refractivity contribution in [1.29, 1.82) is 0 Å². The third-order valence-corrected chi connectivity index (χ3v) is 5.62. The summed E-state index contributed by atoms with van der Waals surface area (Å²) in [7, 11) is -3.39. The van der Waals surface area contributed by atoms with Crippen LogP contribution < -0.4 is 14.8 Å². The van der Waals surface area contributed by atoms with Crippen LogP contribution in [0.25, 0.3) is 11.0 Å². The molecule has 2 aromatic heterocycles. The van der Waals surface area contributed by atoms with E-state index in [-0.39, 0.29) is 18.1 Å². The number of benzene rings is 2. The Bertz CT molecular complexity index is 1380. The first-order valence-corrected chi connectivity index (χ1v) is 12.5. The standard InChI is InChI=1S/C24H25N3O6S/c1-34(30,31)27-18-5-2-4-16(12-18)21(28)15-25-10-11-32-19-8-7-17-13-23(33-22(17)14-19)24(29)20-6-3-9-26-20/h2-9,12-14,21,25-28H,10-11,15H2,1H3. The summed E-state index contributed by atoms with van der Waals surface area (Å²) in [5.41, 5.74) is 2.00. The molecule has 0 saturated carbocycles. The van der Waals surface area contributed by atoms with E-state index in [9.17, 15) is 18.3 Å². The molecule has 0 aliphatic rings. The van der Waals surface area contributed by atoms with E-state index in [2.05, 4.69) is 15.0 Å². The molecular weight excluding hydrogens is 458 g/mol. The van der Waals surface area contributed by atoms with Gasteiger partial charge in [-0.25, -0.2) is 8.42 Å². The second kappa shape index (κ2) is 10.1. The highest BCUT2D eigenvalue weighted by Crippen LogP contribution is 2.25. The van der Waals surface area contributed by atoms with E-state index in [1.54, 1.807) is 60.8 Å². The molecule has 0 spiro atoms. The van der Waals surface area contributed by atoms with Crippen molar-refractivity contribution in [3.05, 3.63) is 83.9 Å². The summed E-state index contributed by atoms with van der Waals surface area (Å²) in [6.45, 7) is 1.10. The zero-order valence-electron chi connectivity index (χ0n) is 18.4. The van der Waals surface area contributed by atoms with Gasteiger partial charge in [0, 0.05) is 36.4 Å². The number of aliphatic hydroxyl groups excluding tert-OH is 1. The molecule has 1 atom stereocenters. The number of furan rings is 1. The van der Waals surface area contributed by atoms with Crippen LogP contribution in [0.5, 0.6) is 5.75 Å². The Hall–Kier alpha value is -3.60. The number of H-pyrrole nitrogens is 1. The van der Waals surface area contributed by atoms with Crippen molar-refractivity contribution < 1.29 is 27.5 Å². The maximum Gasteiger partial charge on any atom is 0.244 e. The number of fused-ring (bicyclic) bond motifs is 1. The Balaban J connectivity index is 1.26. The van der Waals surface area contributed by atoms with E-state index < -0.39 is 16.1 Å². The van der Waals surface area contributed by atoms with Gasteiger partial charge in [-0.2, -0.15) is 0 Å². The molecule has 0 aliphatic heterocycles. The van der Waals surface area contributed by atoms with Gasteiger partial charge in [-0.3, -0.25) is 9.52 Å². The van der Waals surface area contributed by atoms with E-state index in [0.717, 1.165) is 11.6 Å². The van der Waals surface area contributed by atoms with Crippen molar-refractivity contribution >= 4 is 32.5 Å². The normalized spacial score (nSPS) is 12.5. The highest BCUT2D eigenvalue weighted by atomic mass is 32.2. The Morgan fingerprint density at radius 3 is 2.76 bits per heavy atom. The number of ketones is 1. The summed E-state index contributed by atoms with van der Waals surface area (Å²) < 4.78 is 36.6. The van der Waals surface area contributed by atoms with E-state index in [1.807, 2.05) is 6.07 Å². The lowest BCUT2D eigenvalue weighted by molar-refractivity contribution is 0.101. The fourth-order valence-electron chi connectivity index (χ4n) is 3.44. The highest BCUT2D eigenvalue weighted by molar-refractivity contribution is 7.92. The summed E-state index contributed by atoms with van der Waals surface area (Å²) in [6, 6.07) is 17.1. The summed E-state index contributed by atoms with van der Waals surface area (Å²) >= 11 is 0. The number of nitrogens with one attached hydrogen (secondary N) is 3. The fourth-order valence-corrected chi connectivity index (χ4v) is 3.99. The van der Waals surface area contributed by atoms with Gasteiger partial charge in [-0.1, -0.05) is 12.1 Å². The topological polar surface area (TPSA) is 134 Å². The van der Waals surface area contributed by atoms with Gasteiger partial charge in [0.2, 0.25) is 15.8 Å². The van der Waals surface area contributed by atoms with E-state index in [4.69, 9.17) is 9.15 Å². The fraction of sp³-hybridized carbons (Fsp3) is 0.208. The van der Waals surface area contributed by atoms with Crippen LogP contribution >= 0.6 is 0 Å². The number of hydrogen-bond donors (Lipinski definition) is 4. The highest BCUT2D eigenvalue weighted by Gasteiger charge is 2.15. The minimum atomic E-state index is -3.39. The molecule has 178 valence electrons. The number of ether oxygens (including phenoxy) is 1. The minimum absolute atomic E-state index is 0.218. The first-order chi connectivity index (χ1) is 16.3. The minimum Gasteiger partial charge on any atom is -0.492 e. The van der Waals surface area contributed by atoms with Crippen molar-refractivity contribution in [2.24, 2.45) is 0 Å². The van der Waals surface area contributed by atoms with Crippen LogP contribution in [0.2, 0.25) is 0 Å². The molecule has 4 aromatic rings. The number of aromatic amines is 1. The zero-order valence-corrected chi connectivity index (χ0v) is 19.3. The van der Waals surface area contributed by atoms with Crippen LogP contribution in [0.1, 0.15) is 27.9 Å². The number of aliphatic hydroxyl groups is 1. The molecule has 0 aliphatic carbocycles. The van der Waals surface area contributed by atoms with Crippen molar-refractivity contribution in [2.45, 2.75) is 6.10 Å². The Morgan fingerprint density at radius 2 is 2.00 bits per heavy atom. The SMILES string of the molecule is CS(=O)(=O)Nc1cccc(C(O)CNCCOc2ccc3cc(C(=O)c4ccc[nH]4)oc3c2)c1. The molecule has 34 heavy (non-hydrogen) atoms. The number of sulfonamides is 1. The number of aromatic nitrogens is 1. The third-order valence-electron chi connectivity index (χ3n) is 5.02. The van der Waals surface area contributed by atoms with E-state index in [0.29, 0.717) is 41.4 Å². The largest absolute Gasteiger partial charge is 0.492 e. The number of anilines is 1. The molecule has 0 bridgehead atoms. The zero-order chi connectivity index (χ0) is 24.1. The quantitative estimate of drug-likeness (QED) is 0.190. The lowest BCUT2D eigenvalue weighted by atomic mass is 10.1. The van der Waals surface area contributed by atoms with Crippen LogP contribution in [0, 0.1) is 0 Å². The third kappa shape index (κ3) is 6.04. The Kier molecular flexibility index (Phi) is 7.01. The lowest BCUT2D eigenvalue weighted by Crippen LogP contribution is -2.26. The summed E-state index contributed by atoms with van der Waals surface area (Å²) in [5.74, 6) is 0.632.